The van der Waals surface area contributed by atoms with Crippen molar-refractivity contribution < 1.29 is 4.39 Å². The first-order chi connectivity index (χ1) is 6.50. The fourth-order valence-corrected chi connectivity index (χ4v) is 1.94. The first kappa shape index (κ1) is 11.8. The highest BCUT2D eigenvalue weighted by Crippen LogP contribution is 2.26. The van der Waals surface area contributed by atoms with Crippen LogP contribution in [0.4, 0.5) is 4.39 Å². The number of hydrogen-bond donors (Lipinski definition) is 0. The molecule has 0 aliphatic heterocycles. The van der Waals surface area contributed by atoms with Crippen LogP contribution in [0.25, 0.3) is 0 Å². The number of alkyl halides is 1. The summed E-state index contributed by atoms with van der Waals surface area (Å²) >= 11 is 11.5. The third-order valence-electron chi connectivity index (χ3n) is 2.17. The van der Waals surface area contributed by atoms with Gasteiger partial charge in [0.05, 0.1) is 0 Å². The first-order valence-corrected chi connectivity index (χ1v) is 5.41. The summed E-state index contributed by atoms with van der Waals surface area (Å²) in [4.78, 5) is 0. The van der Waals surface area contributed by atoms with Gasteiger partial charge in [-0.15, -0.1) is 11.6 Å². The highest BCUT2D eigenvalue weighted by molar-refractivity contribution is 6.30. The number of benzene rings is 1. The Morgan fingerprint density at radius 1 is 1.36 bits per heavy atom. The zero-order valence-corrected chi connectivity index (χ0v) is 9.74. The Morgan fingerprint density at radius 3 is 2.50 bits per heavy atom. The summed E-state index contributed by atoms with van der Waals surface area (Å²) in [6.07, 6.45) is 0.764. The molecule has 2 unspecified atom stereocenters. The molecule has 14 heavy (non-hydrogen) atoms. The normalized spacial score (nSPS) is 15.2. The molecule has 0 radical (unpaired) electrons. The molecule has 3 heteroatoms. The van der Waals surface area contributed by atoms with Gasteiger partial charge in [0, 0.05) is 10.4 Å². The van der Waals surface area contributed by atoms with Gasteiger partial charge in [0.1, 0.15) is 5.82 Å². The predicted molar refractivity (Wildman–Crippen MR) is 59.8 cm³/mol. The maximum absolute atomic E-state index is 13.4. The lowest BCUT2D eigenvalue weighted by molar-refractivity contribution is 0.572. The van der Waals surface area contributed by atoms with Crippen molar-refractivity contribution in [3.63, 3.8) is 0 Å². The van der Waals surface area contributed by atoms with Crippen molar-refractivity contribution in [2.45, 2.75) is 31.6 Å². The molecular formula is C11H13Cl2F. The lowest BCUT2D eigenvalue weighted by atomic mass is 9.96. The second kappa shape index (κ2) is 4.99. The topological polar surface area (TPSA) is 0 Å². The Hall–Kier alpha value is -0.270. The summed E-state index contributed by atoms with van der Waals surface area (Å²) in [6.45, 7) is 3.87. The average Bonchev–Trinajstić information content (AvgIpc) is 2.01. The molecule has 0 saturated heterocycles. The summed E-state index contributed by atoms with van der Waals surface area (Å²) in [5.41, 5.74) is 0.682. The van der Waals surface area contributed by atoms with Crippen LogP contribution in [0, 0.1) is 5.82 Å². The van der Waals surface area contributed by atoms with Crippen molar-refractivity contribution in [2.75, 3.05) is 0 Å². The maximum atomic E-state index is 13.4. The minimum atomic E-state index is -0.248. The summed E-state index contributed by atoms with van der Waals surface area (Å²) in [5.74, 6) is -0.123. The van der Waals surface area contributed by atoms with E-state index >= 15 is 0 Å². The zero-order chi connectivity index (χ0) is 10.7. The van der Waals surface area contributed by atoms with Gasteiger partial charge in [0.25, 0.3) is 0 Å². The van der Waals surface area contributed by atoms with Gasteiger partial charge in [0.15, 0.2) is 0 Å². The van der Waals surface area contributed by atoms with Crippen molar-refractivity contribution in [1.29, 1.82) is 0 Å². The van der Waals surface area contributed by atoms with E-state index in [4.69, 9.17) is 23.2 Å². The van der Waals surface area contributed by atoms with Gasteiger partial charge in [-0.2, -0.15) is 0 Å². The maximum Gasteiger partial charge on any atom is 0.128 e. The molecule has 0 aromatic heterocycles. The van der Waals surface area contributed by atoms with Crippen LogP contribution in [0.3, 0.4) is 0 Å². The monoisotopic (exact) mass is 234 g/mol. The van der Waals surface area contributed by atoms with Gasteiger partial charge in [-0.1, -0.05) is 24.6 Å². The fourth-order valence-electron chi connectivity index (χ4n) is 1.52. The molecule has 0 spiro atoms. The third-order valence-corrected chi connectivity index (χ3v) is 2.59. The molecule has 0 aliphatic rings. The van der Waals surface area contributed by atoms with Gasteiger partial charge in [-0.25, -0.2) is 4.39 Å². The van der Waals surface area contributed by atoms with Gasteiger partial charge < -0.3 is 0 Å². The van der Waals surface area contributed by atoms with Gasteiger partial charge in [0.2, 0.25) is 0 Å². The van der Waals surface area contributed by atoms with E-state index in [9.17, 15) is 4.39 Å². The van der Waals surface area contributed by atoms with Gasteiger partial charge in [-0.05, 0) is 37.0 Å². The second-order valence-electron chi connectivity index (χ2n) is 3.58. The molecular weight excluding hydrogens is 222 g/mol. The lowest BCUT2D eigenvalue weighted by Crippen LogP contribution is -2.03. The van der Waals surface area contributed by atoms with Crippen molar-refractivity contribution in [3.8, 4) is 0 Å². The van der Waals surface area contributed by atoms with Crippen LogP contribution in [0.5, 0.6) is 0 Å². The molecule has 1 aromatic rings. The van der Waals surface area contributed by atoms with Crippen molar-refractivity contribution in [1.82, 2.24) is 0 Å². The number of halogens is 3. The summed E-state index contributed by atoms with van der Waals surface area (Å²) in [7, 11) is 0. The van der Waals surface area contributed by atoms with Crippen LogP contribution < -0.4 is 0 Å². The van der Waals surface area contributed by atoms with Crippen LogP contribution in [0.15, 0.2) is 18.2 Å². The minimum absolute atomic E-state index is 0.0556. The molecule has 0 nitrogen and oxygen atoms in total. The van der Waals surface area contributed by atoms with Crippen LogP contribution >= 0.6 is 23.2 Å². The standard InChI is InChI=1S/C11H13Cl2F/c1-7(5-8(2)12)10-4-3-9(13)6-11(10)14/h3-4,6-8H,5H2,1-2H3. The molecule has 0 amide bonds. The molecule has 1 rings (SSSR count). The Bertz CT molecular complexity index is 310. The Morgan fingerprint density at radius 2 is 2.00 bits per heavy atom. The van der Waals surface area contributed by atoms with Crippen molar-refractivity contribution in [2.24, 2.45) is 0 Å². The molecule has 0 bridgehead atoms. The van der Waals surface area contributed by atoms with Crippen molar-refractivity contribution >= 4 is 23.2 Å². The Kier molecular flexibility index (Phi) is 4.21. The van der Waals surface area contributed by atoms with Crippen LogP contribution in [0.2, 0.25) is 5.02 Å². The summed E-state index contributed by atoms with van der Waals surface area (Å²) < 4.78 is 13.4. The SMILES string of the molecule is CC(Cl)CC(C)c1ccc(Cl)cc1F. The van der Waals surface area contributed by atoms with E-state index in [1.54, 1.807) is 12.1 Å². The van der Waals surface area contributed by atoms with Crippen LogP contribution in [-0.4, -0.2) is 5.38 Å². The zero-order valence-electron chi connectivity index (χ0n) is 8.23. The predicted octanol–water partition coefficient (Wildman–Crippen LogP) is 4.60. The second-order valence-corrected chi connectivity index (χ2v) is 4.76. The van der Waals surface area contributed by atoms with E-state index in [0.717, 1.165) is 6.42 Å². The Labute approximate surface area is 94.0 Å². The molecule has 0 saturated carbocycles. The van der Waals surface area contributed by atoms with E-state index in [2.05, 4.69) is 0 Å². The Balaban J connectivity index is 2.84. The average molecular weight is 235 g/mol. The quantitative estimate of drug-likeness (QED) is 0.671. The smallest absolute Gasteiger partial charge is 0.128 e. The fraction of sp³-hybridized carbons (Fsp3) is 0.455. The molecule has 1 aromatic carbocycles. The van der Waals surface area contributed by atoms with E-state index in [-0.39, 0.29) is 17.1 Å². The summed E-state index contributed by atoms with van der Waals surface area (Å²) in [6, 6.07) is 4.77. The highest BCUT2D eigenvalue weighted by atomic mass is 35.5. The molecule has 0 fully saturated rings. The van der Waals surface area contributed by atoms with E-state index in [0.29, 0.717) is 10.6 Å². The largest absolute Gasteiger partial charge is 0.207 e. The van der Waals surface area contributed by atoms with E-state index in [1.807, 2.05) is 13.8 Å². The molecule has 2 atom stereocenters. The van der Waals surface area contributed by atoms with Crippen LogP contribution in [-0.2, 0) is 0 Å². The summed E-state index contributed by atoms with van der Waals surface area (Å²) in [5, 5.41) is 0.484. The van der Waals surface area contributed by atoms with E-state index in [1.165, 1.54) is 6.07 Å². The minimum Gasteiger partial charge on any atom is -0.207 e. The van der Waals surface area contributed by atoms with Crippen LogP contribution in [0.1, 0.15) is 31.7 Å². The van der Waals surface area contributed by atoms with Gasteiger partial charge >= 0.3 is 0 Å². The van der Waals surface area contributed by atoms with Gasteiger partial charge in [-0.3, -0.25) is 0 Å². The molecule has 0 aliphatic carbocycles. The van der Waals surface area contributed by atoms with E-state index < -0.39 is 0 Å². The number of rotatable bonds is 3. The lowest BCUT2D eigenvalue weighted by Gasteiger charge is -2.14. The first-order valence-electron chi connectivity index (χ1n) is 4.59. The third kappa shape index (κ3) is 3.14. The van der Waals surface area contributed by atoms with Crippen molar-refractivity contribution in [3.05, 3.63) is 34.6 Å². The highest BCUT2D eigenvalue weighted by Gasteiger charge is 2.13. The molecule has 0 heterocycles. The molecule has 0 N–H and O–H groups in total. The number of hydrogen-bond acceptors (Lipinski definition) is 0. The molecule has 78 valence electrons.